The van der Waals surface area contributed by atoms with E-state index in [1.54, 1.807) is 17.1 Å². The Morgan fingerprint density at radius 3 is 2.58 bits per heavy atom. The summed E-state index contributed by atoms with van der Waals surface area (Å²) < 4.78 is 43.8. The van der Waals surface area contributed by atoms with Gasteiger partial charge in [-0.15, -0.1) is 0 Å². The first-order valence-electron chi connectivity index (χ1n) is 10.3. The van der Waals surface area contributed by atoms with Crippen LogP contribution in [0.2, 0.25) is 0 Å². The zero-order chi connectivity index (χ0) is 22.0. The van der Waals surface area contributed by atoms with Gasteiger partial charge in [0.1, 0.15) is 18.0 Å². The Bertz CT molecular complexity index is 1150. The minimum atomic E-state index is -4.25. The van der Waals surface area contributed by atoms with E-state index in [2.05, 4.69) is 17.0 Å². The molecule has 0 radical (unpaired) electrons. The van der Waals surface area contributed by atoms with E-state index >= 15 is 4.39 Å². The van der Waals surface area contributed by atoms with Crippen molar-refractivity contribution >= 4 is 21.8 Å². The fourth-order valence-electron chi connectivity index (χ4n) is 5.23. The van der Waals surface area contributed by atoms with Crippen LogP contribution in [0.25, 0.3) is 11.1 Å². The van der Waals surface area contributed by atoms with Crippen LogP contribution in [-0.4, -0.2) is 60.8 Å². The molecule has 1 aromatic carbocycles. The van der Waals surface area contributed by atoms with Crippen LogP contribution in [0.15, 0.2) is 24.5 Å². The normalized spacial score (nSPS) is 23.2. The molecule has 9 nitrogen and oxygen atoms in total. The predicted octanol–water partition coefficient (Wildman–Crippen LogP) is 1.62. The zero-order valence-corrected chi connectivity index (χ0v) is 17.9. The number of halogens is 1. The highest BCUT2D eigenvalue weighted by Gasteiger charge is 2.44. The maximum atomic E-state index is 15.3. The molecule has 1 amide bonds. The van der Waals surface area contributed by atoms with Gasteiger partial charge in [-0.05, 0) is 50.3 Å². The van der Waals surface area contributed by atoms with Gasteiger partial charge in [-0.25, -0.2) is 13.4 Å². The monoisotopic (exact) mass is 449 g/mol. The van der Waals surface area contributed by atoms with E-state index in [0.717, 1.165) is 38.8 Å². The second-order valence-electron chi connectivity index (χ2n) is 8.94. The second kappa shape index (κ2) is 6.92. The number of hydrogen-bond acceptors (Lipinski definition) is 6. The molecular weight excluding hydrogens is 425 g/mol. The van der Waals surface area contributed by atoms with Gasteiger partial charge < -0.3 is 10.0 Å². The zero-order valence-electron chi connectivity index (χ0n) is 17.1. The van der Waals surface area contributed by atoms with Crippen LogP contribution in [-0.2, 0) is 15.0 Å². The summed E-state index contributed by atoms with van der Waals surface area (Å²) in [5.41, 5.74) is 0.489. The average Bonchev–Trinajstić information content (AvgIpc) is 3.26. The Kier molecular flexibility index (Phi) is 4.52. The Morgan fingerprint density at radius 1 is 1.26 bits per heavy atom. The quantitative estimate of drug-likeness (QED) is 0.738. The largest absolute Gasteiger partial charge is 0.506 e. The Labute approximate surface area is 179 Å². The molecule has 5 rings (SSSR count). The number of benzene rings is 1. The number of nitrogens with zero attached hydrogens (tertiary/aromatic N) is 4. The van der Waals surface area contributed by atoms with Crippen molar-refractivity contribution in [3.8, 4) is 16.9 Å². The Hall–Kier alpha value is -2.66. The molecule has 2 N–H and O–H groups in total. The third kappa shape index (κ3) is 3.35. The van der Waals surface area contributed by atoms with Crippen LogP contribution in [0.4, 0.5) is 10.1 Å². The highest BCUT2D eigenvalue weighted by Crippen LogP contribution is 2.46. The molecule has 1 aromatic heterocycles. The summed E-state index contributed by atoms with van der Waals surface area (Å²) in [6.45, 7) is 1.69. The van der Waals surface area contributed by atoms with E-state index in [9.17, 15) is 18.3 Å². The van der Waals surface area contributed by atoms with Crippen molar-refractivity contribution in [2.45, 2.75) is 31.7 Å². The van der Waals surface area contributed by atoms with Gasteiger partial charge in [-0.3, -0.25) is 9.48 Å². The molecule has 2 saturated heterocycles. The van der Waals surface area contributed by atoms with Crippen LogP contribution in [0.1, 0.15) is 31.7 Å². The molecule has 0 bridgehead atoms. The fourth-order valence-corrected chi connectivity index (χ4v) is 6.40. The van der Waals surface area contributed by atoms with Crippen molar-refractivity contribution < 1.29 is 22.7 Å². The standard InChI is InChI=1S/C20H24FN5O4S/c1-24-11-20(12-24)6-4-14(5-7-20)25-9-13(8-22-25)15-2-3-16(27)19(18(15)21)26-10-17(28)23-31(26,29)30/h2-3,8-9,14,27H,4-7,10-12H2,1H3,(H,23,28). The van der Waals surface area contributed by atoms with Crippen LogP contribution < -0.4 is 9.03 Å². The van der Waals surface area contributed by atoms with Crippen LogP contribution in [0.5, 0.6) is 5.75 Å². The van der Waals surface area contributed by atoms with E-state index in [-0.39, 0.29) is 11.6 Å². The molecular formula is C20H24FN5O4S. The van der Waals surface area contributed by atoms with Crippen LogP contribution in [0, 0.1) is 11.2 Å². The number of rotatable bonds is 3. The van der Waals surface area contributed by atoms with Gasteiger partial charge in [-0.2, -0.15) is 13.5 Å². The Morgan fingerprint density at radius 2 is 1.97 bits per heavy atom. The Balaban J connectivity index is 1.41. The highest BCUT2D eigenvalue weighted by molar-refractivity contribution is 7.92. The maximum Gasteiger partial charge on any atom is 0.326 e. The summed E-state index contributed by atoms with van der Waals surface area (Å²) in [4.78, 5) is 13.9. The van der Waals surface area contributed by atoms with Crippen molar-refractivity contribution in [2.75, 3.05) is 31.0 Å². The van der Waals surface area contributed by atoms with Gasteiger partial charge in [0.2, 0.25) is 0 Å². The molecule has 2 aliphatic heterocycles. The molecule has 2 aromatic rings. The van der Waals surface area contributed by atoms with E-state index < -0.39 is 39.9 Å². The number of carbonyl (C=O) groups excluding carboxylic acids is 1. The molecule has 3 aliphatic rings. The van der Waals surface area contributed by atoms with E-state index in [4.69, 9.17) is 0 Å². The number of amides is 1. The lowest BCUT2D eigenvalue weighted by atomic mass is 9.67. The van der Waals surface area contributed by atoms with Crippen molar-refractivity contribution in [1.29, 1.82) is 0 Å². The van der Waals surface area contributed by atoms with Crippen molar-refractivity contribution in [3.63, 3.8) is 0 Å². The molecule has 31 heavy (non-hydrogen) atoms. The first kappa shape index (κ1) is 20.3. The molecule has 166 valence electrons. The van der Waals surface area contributed by atoms with E-state index in [0.29, 0.717) is 15.3 Å². The number of aromatic hydroxyl groups is 1. The number of aromatic nitrogens is 2. The maximum absolute atomic E-state index is 15.3. The molecule has 3 heterocycles. The lowest BCUT2D eigenvalue weighted by Crippen LogP contribution is -2.55. The second-order valence-corrected chi connectivity index (χ2v) is 10.5. The summed E-state index contributed by atoms with van der Waals surface area (Å²) in [7, 11) is -2.11. The van der Waals surface area contributed by atoms with Crippen LogP contribution in [0.3, 0.4) is 0 Å². The summed E-state index contributed by atoms with van der Waals surface area (Å²) in [5.74, 6) is -2.26. The lowest BCUT2D eigenvalue weighted by molar-refractivity contribution is -0.117. The summed E-state index contributed by atoms with van der Waals surface area (Å²) in [6, 6.07) is 2.85. The lowest BCUT2D eigenvalue weighted by Gasteiger charge is -2.52. The smallest absolute Gasteiger partial charge is 0.326 e. The number of hydrogen-bond donors (Lipinski definition) is 2. The minimum Gasteiger partial charge on any atom is -0.506 e. The molecule has 0 atom stereocenters. The van der Waals surface area contributed by atoms with Gasteiger partial charge in [0.25, 0.3) is 5.91 Å². The third-order valence-electron chi connectivity index (χ3n) is 6.68. The first-order chi connectivity index (χ1) is 14.7. The van der Waals surface area contributed by atoms with Crippen molar-refractivity contribution in [2.24, 2.45) is 5.41 Å². The predicted molar refractivity (Wildman–Crippen MR) is 111 cm³/mol. The molecule has 0 unspecified atom stereocenters. The van der Waals surface area contributed by atoms with E-state index in [1.165, 1.54) is 12.1 Å². The minimum absolute atomic E-state index is 0.112. The number of phenols is 1. The van der Waals surface area contributed by atoms with Crippen molar-refractivity contribution in [3.05, 3.63) is 30.3 Å². The van der Waals surface area contributed by atoms with E-state index in [1.807, 2.05) is 4.68 Å². The molecule has 1 spiro atoms. The molecule has 1 aliphatic carbocycles. The molecule has 3 fully saturated rings. The summed E-state index contributed by atoms with van der Waals surface area (Å²) in [5, 5.41) is 14.6. The number of nitrogens with one attached hydrogen (secondary N) is 1. The van der Waals surface area contributed by atoms with Gasteiger partial charge in [-0.1, -0.05) is 0 Å². The summed E-state index contributed by atoms with van der Waals surface area (Å²) >= 11 is 0. The van der Waals surface area contributed by atoms with Gasteiger partial charge in [0.15, 0.2) is 5.82 Å². The number of anilines is 1. The SMILES string of the molecule is CN1CC2(CCC(n3cc(-c4ccc(O)c(N5CC(=O)NS5(=O)=O)c4F)cn3)CC2)C1. The summed E-state index contributed by atoms with van der Waals surface area (Å²) in [6.07, 6.45) is 7.61. The highest BCUT2D eigenvalue weighted by atomic mass is 32.2. The third-order valence-corrected chi connectivity index (χ3v) is 8.06. The van der Waals surface area contributed by atoms with Crippen molar-refractivity contribution in [1.82, 2.24) is 19.4 Å². The first-order valence-corrected chi connectivity index (χ1v) is 11.7. The average molecular weight is 450 g/mol. The molecule has 11 heteroatoms. The fraction of sp³-hybridized carbons (Fsp3) is 0.500. The number of likely N-dealkylation sites (tertiary alicyclic amines) is 1. The molecule has 1 saturated carbocycles. The van der Waals surface area contributed by atoms with Gasteiger partial charge >= 0.3 is 10.2 Å². The number of phenolic OH excluding ortho intramolecular Hbond substituents is 1. The van der Waals surface area contributed by atoms with Gasteiger partial charge in [0.05, 0.1) is 12.2 Å². The number of carbonyl (C=O) groups is 1. The van der Waals surface area contributed by atoms with Gasteiger partial charge in [0, 0.05) is 30.4 Å². The van der Waals surface area contributed by atoms with Crippen LogP contribution >= 0.6 is 0 Å². The topological polar surface area (TPSA) is 108 Å².